The number of unbranched alkanes of at least 4 members (excludes halogenated alkanes) is 1. The number of para-hydroxylation sites is 2. The topological polar surface area (TPSA) is 41.6 Å². The Morgan fingerprint density at radius 3 is 2.54 bits per heavy atom. The zero-order valence-corrected chi connectivity index (χ0v) is 15.9. The molecule has 26 heavy (non-hydrogen) atoms. The predicted octanol–water partition coefficient (Wildman–Crippen LogP) is 5.02. The lowest BCUT2D eigenvalue weighted by molar-refractivity contribution is 0.0529. The van der Waals surface area contributed by atoms with Crippen molar-refractivity contribution < 1.29 is 9.53 Å². The van der Waals surface area contributed by atoms with Gasteiger partial charge in [0, 0.05) is 17.8 Å². The molecule has 1 aliphatic rings. The molecule has 4 heteroatoms. The number of fused-ring (bicyclic) bond motifs is 1. The zero-order chi connectivity index (χ0) is 18.6. The summed E-state index contributed by atoms with van der Waals surface area (Å²) in [6.07, 6.45) is 2.99. The molecule has 0 aromatic heterocycles. The van der Waals surface area contributed by atoms with Crippen molar-refractivity contribution in [3.63, 3.8) is 0 Å². The van der Waals surface area contributed by atoms with Gasteiger partial charge in [-0.3, -0.25) is 4.79 Å². The van der Waals surface area contributed by atoms with Crippen molar-refractivity contribution in [3.05, 3.63) is 59.7 Å². The van der Waals surface area contributed by atoms with Crippen LogP contribution in [0.25, 0.3) is 0 Å². The molecule has 4 nitrogen and oxygen atoms in total. The Kier molecular flexibility index (Phi) is 5.50. The largest absolute Gasteiger partial charge is 0.493 e. The van der Waals surface area contributed by atoms with E-state index in [4.69, 9.17) is 4.74 Å². The Bertz CT molecular complexity index is 774. The highest BCUT2D eigenvalue weighted by atomic mass is 16.5. The van der Waals surface area contributed by atoms with Crippen LogP contribution in [0.15, 0.2) is 48.5 Å². The Morgan fingerprint density at radius 1 is 1.04 bits per heavy atom. The molecule has 1 atom stereocenters. The minimum Gasteiger partial charge on any atom is -0.493 e. The molecular formula is C22H28N2O2. The normalized spacial score (nSPS) is 19.0. The first-order valence-corrected chi connectivity index (χ1v) is 9.53. The van der Waals surface area contributed by atoms with Crippen molar-refractivity contribution in [2.75, 3.05) is 18.5 Å². The molecule has 0 saturated carbocycles. The number of hydrogen-bond acceptors (Lipinski definition) is 3. The first-order valence-electron chi connectivity index (χ1n) is 9.53. The molecule has 1 amide bonds. The van der Waals surface area contributed by atoms with E-state index in [1.165, 1.54) is 0 Å². The quantitative estimate of drug-likeness (QED) is 0.712. The summed E-state index contributed by atoms with van der Waals surface area (Å²) in [7, 11) is 0. The summed E-state index contributed by atoms with van der Waals surface area (Å²) in [6.45, 7) is 7.68. The molecule has 0 fully saturated rings. The van der Waals surface area contributed by atoms with Gasteiger partial charge in [0.2, 0.25) is 0 Å². The van der Waals surface area contributed by atoms with Gasteiger partial charge in [-0.05, 0) is 38.0 Å². The second-order valence-electron chi connectivity index (χ2n) is 6.90. The summed E-state index contributed by atoms with van der Waals surface area (Å²) in [5.41, 5.74) is 1.94. The number of rotatable bonds is 7. The van der Waals surface area contributed by atoms with Gasteiger partial charge in [0.15, 0.2) is 0 Å². The maximum atomic E-state index is 13.2. The van der Waals surface area contributed by atoms with Crippen LogP contribution in [0, 0.1) is 0 Å². The van der Waals surface area contributed by atoms with Crippen LogP contribution in [0.5, 0.6) is 5.75 Å². The van der Waals surface area contributed by atoms with Crippen LogP contribution in [0.1, 0.15) is 56.0 Å². The molecule has 0 aliphatic carbocycles. The van der Waals surface area contributed by atoms with Crippen molar-refractivity contribution in [1.29, 1.82) is 0 Å². The molecule has 2 aromatic rings. The fraction of sp³-hybridized carbons (Fsp3) is 0.409. The second kappa shape index (κ2) is 7.81. The molecule has 138 valence electrons. The molecule has 0 spiro atoms. The van der Waals surface area contributed by atoms with Gasteiger partial charge in [0.25, 0.3) is 5.91 Å². The number of anilines is 1. The first-order chi connectivity index (χ1) is 12.6. The molecule has 2 aromatic carbocycles. The third kappa shape index (κ3) is 3.28. The van der Waals surface area contributed by atoms with Crippen molar-refractivity contribution in [3.8, 4) is 5.75 Å². The maximum Gasteiger partial charge on any atom is 0.258 e. The van der Waals surface area contributed by atoms with Gasteiger partial charge in [-0.2, -0.15) is 0 Å². The van der Waals surface area contributed by atoms with Gasteiger partial charge in [0.1, 0.15) is 11.4 Å². The fourth-order valence-electron chi connectivity index (χ4n) is 3.54. The number of amides is 1. The Labute approximate surface area is 156 Å². The summed E-state index contributed by atoms with van der Waals surface area (Å²) in [6, 6.07) is 15.8. The van der Waals surface area contributed by atoms with Gasteiger partial charge < -0.3 is 15.0 Å². The molecule has 1 aliphatic heterocycles. The van der Waals surface area contributed by atoms with E-state index < -0.39 is 5.66 Å². The molecule has 0 bridgehead atoms. The molecule has 1 unspecified atom stereocenters. The van der Waals surface area contributed by atoms with Crippen molar-refractivity contribution >= 4 is 11.6 Å². The number of nitrogens with zero attached hydrogens (tertiary/aromatic N) is 1. The highest BCUT2D eigenvalue weighted by Crippen LogP contribution is 2.41. The van der Waals surface area contributed by atoms with Crippen LogP contribution in [-0.2, 0) is 5.66 Å². The number of carbonyl (C=O) groups is 1. The number of benzene rings is 2. The average molecular weight is 352 g/mol. The summed E-state index contributed by atoms with van der Waals surface area (Å²) in [5, 5.41) is 3.61. The third-order valence-corrected chi connectivity index (χ3v) is 4.93. The van der Waals surface area contributed by atoms with Gasteiger partial charge >= 0.3 is 0 Å². The van der Waals surface area contributed by atoms with Crippen LogP contribution in [0.4, 0.5) is 5.69 Å². The van der Waals surface area contributed by atoms with Crippen LogP contribution in [0.3, 0.4) is 0 Å². The summed E-state index contributed by atoms with van der Waals surface area (Å²) < 4.78 is 6.07. The Morgan fingerprint density at radius 2 is 1.77 bits per heavy atom. The number of carbonyl (C=O) groups excluding carboxylic acids is 1. The molecule has 1 heterocycles. The van der Waals surface area contributed by atoms with Gasteiger partial charge in [-0.1, -0.05) is 50.6 Å². The van der Waals surface area contributed by atoms with Crippen LogP contribution >= 0.6 is 0 Å². The summed E-state index contributed by atoms with van der Waals surface area (Å²) in [4.78, 5) is 15.1. The first kappa shape index (κ1) is 18.3. The van der Waals surface area contributed by atoms with E-state index in [-0.39, 0.29) is 5.91 Å². The van der Waals surface area contributed by atoms with Gasteiger partial charge in [-0.25, -0.2) is 0 Å². The predicted molar refractivity (Wildman–Crippen MR) is 106 cm³/mol. The highest BCUT2D eigenvalue weighted by Gasteiger charge is 2.43. The monoisotopic (exact) mass is 352 g/mol. The van der Waals surface area contributed by atoms with E-state index in [0.29, 0.717) is 13.2 Å². The number of ether oxygens (including phenoxy) is 1. The zero-order valence-electron chi connectivity index (χ0n) is 15.9. The van der Waals surface area contributed by atoms with Crippen molar-refractivity contribution in [1.82, 2.24) is 4.90 Å². The fourth-order valence-corrected chi connectivity index (χ4v) is 3.54. The maximum absolute atomic E-state index is 13.2. The third-order valence-electron chi connectivity index (χ3n) is 4.93. The minimum atomic E-state index is -0.649. The Hall–Kier alpha value is -2.49. The standard InChI is InChI=1S/C22H28N2O2/c1-4-6-16-26-20-14-10-8-12-18(20)22(3)23-19-13-9-7-11-17(19)21(25)24(22)15-5-2/h7-14,23H,4-6,15-16H2,1-3H3. The van der Waals surface area contributed by atoms with Crippen LogP contribution in [-0.4, -0.2) is 24.0 Å². The van der Waals surface area contributed by atoms with E-state index in [1.54, 1.807) is 0 Å². The SMILES string of the molecule is CCCCOc1ccccc1C1(C)Nc2ccccc2C(=O)N1CCC. The lowest BCUT2D eigenvalue weighted by Crippen LogP contribution is -2.56. The van der Waals surface area contributed by atoms with E-state index in [0.717, 1.165) is 41.8 Å². The van der Waals surface area contributed by atoms with E-state index >= 15 is 0 Å². The summed E-state index contributed by atoms with van der Waals surface area (Å²) in [5.74, 6) is 0.899. The van der Waals surface area contributed by atoms with Crippen molar-refractivity contribution in [2.45, 2.75) is 45.7 Å². The lowest BCUT2D eigenvalue weighted by Gasteiger charge is -2.47. The molecule has 0 saturated heterocycles. The Balaban J connectivity index is 2.05. The van der Waals surface area contributed by atoms with Gasteiger partial charge in [-0.15, -0.1) is 0 Å². The van der Waals surface area contributed by atoms with Crippen LogP contribution in [0.2, 0.25) is 0 Å². The smallest absolute Gasteiger partial charge is 0.258 e. The molecule has 3 rings (SSSR count). The second-order valence-corrected chi connectivity index (χ2v) is 6.90. The molecule has 0 radical (unpaired) electrons. The van der Waals surface area contributed by atoms with E-state index in [9.17, 15) is 4.79 Å². The average Bonchev–Trinajstić information content (AvgIpc) is 2.66. The number of nitrogens with one attached hydrogen (secondary N) is 1. The lowest BCUT2D eigenvalue weighted by atomic mass is 9.92. The highest BCUT2D eigenvalue weighted by molar-refractivity contribution is 6.02. The van der Waals surface area contributed by atoms with Crippen molar-refractivity contribution in [2.24, 2.45) is 0 Å². The van der Waals surface area contributed by atoms with E-state index in [2.05, 4.69) is 32.2 Å². The minimum absolute atomic E-state index is 0.0621. The van der Waals surface area contributed by atoms with E-state index in [1.807, 2.05) is 47.4 Å². The molecule has 1 N–H and O–H groups in total. The van der Waals surface area contributed by atoms with Crippen LogP contribution < -0.4 is 10.1 Å². The summed E-state index contributed by atoms with van der Waals surface area (Å²) >= 11 is 0. The van der Waals surface area contributed by atoms with Gasteiger partial charge in [0.05, 0.1) is 12.2 Å². The number of hydrogen-bond donors (Lipinski definition) is 1. The molecular weight excluding hydrogens is 324 g/mol.